The van der Waals surface area contributed by atoms with Crippen molar-refractivity contribution in [3.63, 3.8) is 0 Å². The smallest absolute Gasteiger partial charge is 0.387 e. The zero-order valence-electron chi connectivity index (χ0n) is 11.5. The molecular weight excluding hydrogens is 317 g/mol. The summed E-state index contributed by atoms with van der Waals surface area (Å²) in [6, 6.07) is 10.2. The molecule has 0 spiro atoms. The Balaban J connectivity index is 2.36. The molecule has 1 nitrogen and oxygen atoms in total. The molecule has 0 bridgehead atoms. The quantitative estimate of drug-likeness (QED) is 0.635. The number of benzene rings is 2. The average Bonchev–Trinajstić information content (AvgIpc) is 2.41. The first-order chi connectivity index (χ1) is 9.88. The van der Waals surface area contributed by atoms with Gasteiger partial charge in [0.2, 0.25) is 0 Å². The molecule has 0 saturated heterocycles. The van der Waals surface area contributed by atoms with Crippen LogP contribution in [0.2, 0.25) is 5.02 Å². The van der Waals surface area contributed by atoms with Crippen molar-refractivity contribution in [3.05, 3.63) is 63.7 Å². The minimum absolute atomic E-state index is 0.0940. The summed E-state index contributed by atoms with van der Waals surface area (Å²) < 4.78 is 28.9. The number of alkyl halides is 3. The Morgan fingerprint density at radius 2 is 1.76 bits per heavy atom. The maximum atomic E-state index is 12.3. The Morgan fingerprint density at radius 3 is 2.43 bits per heavy atom. The second kappa shape index (κ2) is 6.63. The maximum Gasteiger partial charge on any atom is 0.387 e. The van der Waals surface area contributed by atoms with E-state index in [0.29, 0.717) is 10.6 Å². The number of hydrogen-bond acceptors (Lipinski definition) is 1. The fraction of sp³-hybridized carbons (Fsp3) is 0.250. The van der Waals surface area contributed by atoms with Gasteiger partial charge < -0.3 is 4.74 Å². The molecule has 0 aromatic heterocycles. The molecule has 0 aliphatic heterocycles. The Labute approximate surface area is 132 Å². The largest absolute Gasteiger partial charge is 0.435 e. The lowest BCUT2D eigenvalue weighted by molar-refractivity contribution is -0.0498. The van der Waals surface area contributed by atoms with Crippen molar-refractivity contribution in [2.45, 2.75) is 25.8 Å². The van der Waals surface area contributed by atoms with Gasteiger partial charge in [-0.25, -0.2) is 0 Å². The van der Waals surface area contributed by atoms with Gasteiger partial charge in [-0.2, -0.15) is 8.78 Å². The van der Waals surface area contributed by atoms with E-state index in [0.717, 1.165) is 16.7 Å². The summed E-state index contributed by atoms with van der Waals surface area (Å²) in [5.74, 6) is 0.0940. The highest BCUT2D eigenvalue weighted by Gasteiger charge is 2.16. The summed E-state index contributed by atoms with van der Waals surface area (Å²) in [5, 5.41) is 0.220. The normalized spacial score (nSPS) is 12.5. The van der Waals surface area contributed by atoms with E-state index in [1.165, 1.54) is 12.1 Å². The van der Waals surface area contributed by atoms with Crippen molar-refractivity contribution in [2.24, 2.45) is 0 Å². The highest BCUT2D eigenvalue weighted by atomic mass is 35.5. The second-order valence-electron chi connectivity index (χ2n) is 4.77. The van der Waals surface area contributed by atoms with E-state index in [-0.39, 0.29) is 5.75 Å². The number of aryl methyl sites for hydroxylation is 2. The molecular formula is C16H14Cl2F2O. The standard InChI is InChI=1S/C16H14Cl2F2O/c1-9-7-14(17)10(2)6-13(9)15(18)11-4-3-5-12(8-11)21-16(19)20/h3-8,15-16H,1-2H3. The van der Waals surface area contributed by atoms with Crippen LogP contribution in [0, 0.1) is 13.8 Å². The highest BCUT2D eigenvalue weighted by molar-refractivity contribution is 6.31. The molecule has 0 saturated carbocycles. The first-order valence-electron chi connectivity index (χ1n) is 6.34. The summed E-state index contributed by atoms with van der Waals surface area (Å²) in [5.41, 5.74) is 3.46. The number of ether oxygens (including phenoxy) is 1. The van der Waals surface area contributed by atoms with Crippen LogP contribution in [0.25, 0.3) is 0 Å². The van der Waals surface area contributed by atoms with Gasteiger partial charge in [0.1, 0.15) is 5.75 Å². The van der Waals surface area contributed by atoms with Crippen LogP contribution in [-0.4, -0.2) is 6.61 Å². The van der Waals surface area contributed by atoms with Gasteiger partial charge in [0.05, 0.1) is 5.38 Å². The summed E-state index contributed by atoms with van der Waals surface area (Å²) in [6.07, 6.45) is 0. The Hall–Kier alpha value is -1.32. The lowest BCUT2D eigenvalue weighted by atomic mass is 9.98. The SMILES string of the molecule is Cc1cc(C(Cl)c2cccc(OC(F)F)c2)c(C)cc1Cl. The lowest BCUT2D eigenvalue weighted by Crippen LogP contribution is -2.03. The van der Waals surface area contributed by atoms with Crippen LogP contribution in [0.5, 0.6) is 5.75 Å². The molecule has 0 amide bonds. The third-order valence-corrected chi connectivity index (χ3v) is 4.09. The second-order valence-corrected chi connectivity index (χ2v) is 5.62. The average molecular weight is 331 g/mol. The summed E-state index contributed by atoms with van der Waals surface area (Å²) in [7, 11) is 0. The fourth-order valence-corrected chi connectivity index (χ4v) is 2.69. The zero-order valence-corrected chi connectivity index (χ0v) is 13.1. The summed E-state index contributed by atoms with van der Waals surface area (Å²) >= 11 is 12.6. The molecule has 112 valence electrons. The molecule has 5 heteroatoms. The summed E-state index contributed by atoms with van der Waals surface area (Å²) in [6.45, 7) is 0.953. The molecule has 2 aromatic carbocycles. The molecule has 0 aliphatic carbocycles. The van der Waals surface area contributed by atoms with E-state index in [2.05, 4.69) is 4.74 Å². The highest BCUT2D eigenvalue weighted by Crippen LogP contribution is 2.35. The van der Waals surface area contributed by atoms with Crippen LogP contribution in [0.1, 0.15) is 27.6 Å². The van der Waals surface area contributed by atoms with Gasteiger partial charge in [0.25, 0.3) is 0 Å². The Bertz CT molecular complexity index is 644. The zero-order chi connectivity index (χ0) is 15.6. The van der Waals surface area contributed by atoms with Crippen LogP contribution in [0.15, 0.2) is 36.4 Å². The van der Waals surface area contributed by atoms with Crippen molar-refractivity contribution >= 4 is 23.2 Å². The molecule has 1 unspecified atom stereocenters. The van der Waals surface area contributed by atoms with Gasteiger partial charge >= 0.3 is 6.61 Å². The van der Waals surface area contributed by atoms with Gasteiger partial charge in [-0.05, 0) is 54.3 Å². The molecule has 0 heterocycles. The first kappa shape index (κ1) is 16.1. The monoisotopic (exact) mass is 330 g/mol. The third-order valence-electron chi connectivity index (χ3n) is 3.20. The minimum atomic E-state index is -2.85. The lowest BCUT2D eigenvalue weighted by Gasteiger charge is -2.16. The van der Waals surface area contributed by atoms with Crippen LogP contribution in [0.3, 0.4) is 0 Å². The Morgan fingerprint density at radius 1 is 1.05 bits per heavy atom. The van der Waals surface area contributed by atoms with E-state index >= 15 is 0 Å². The molecule has 2 rings (SSSR count). The predicted octanol–water partition coefficient (Wildman–Crippen LogP) is 5.89. The topological polar surface area (TPSA) is 9.23 Å². The van der Waals surface area contributed by atoms with Crippen molar-refractivity contribution in [1.82, 2.24) is 0 Å². The van der Waals surface area contributed by atoms with Gasteiger partial charge in [-0.3, -0.25) is 0 Å². The number of hydrogen-bond donors (Lipinski definition) is 0. The van der Waals surface area contributed by atoms with Gasteiger partial charge in [0.15, 0.2) is 0 Å². The number of halogens is 4. The van der Waals surface area contributed by atoms with E-state index in [1.807, 2.05) is 26.0 Å². The maximum absolute atomic E-state index is 12.3. The summed E-state index contributed by atoms with van der Waals surface area (Å²) in [4.78, 5) is 0. The molecule has 0 N–H and O–H groups in total. The van der Waals surface area contributed by atoms with Crippen molar-refractivity contribution in [3.8, 4) is 5.75 Å². The van der Waals surface area contributed by atoms with Crippen molar-refractivity contribution in [1.29, 1.82) is 0 Å². The van der Waals surface area contributed by atoms with E-state index < -0.39 is 12.0 Å². The van der Waals surface area contributed by atoms with Crippen LogP contribution in [-0.2, 0) is 0 Å². The van der Waals surface area contributed by atoms with E-state index in [1.54, 1.807) is 12.1 Å². The van der Waals surface area contributed by atoms with Gasteiger partial charge in [-0.1, -0.05) is 29.8 Å². The predicted molar refractivity (Wildman–Crippen MR) is 81.7 cm³/mol. The van der Waals surface area contributed by atoms with E-state index in [4.69, 9.17) is 23.2 Å². The van der Waals surface area contributed by atoms with Crippen molar-refractivity contribution < 1.29 is 13.5 Å². The van der Waals surface area contributed by atoms with Gasteiger partial charge in [0, 0.05) is 5.02 Å². The first-order valence-corrected chi connectivity index (χ1v) is 7.15. The number of rotatable bonds is 4. The van der Waals surface area contributed by atoms with Crippen molar-refractivity contribution in [2.75, 3.05) is 0 Å². The molecule has 0 radical (unpaired) electrons. The van der Waals surface area contributed by atoms with Crippen LogP contribution >= 0.6 is 23.2 Å². The molecule has 0 aliphatic rings. The molecule has 0 fully saturated rings. The van der Waals surface area contributed by atoms with Crippen LogP contribution in [0.4, 0.5) is 8.78 Å². The molecule has 2 aromatic rings. The van der Waals surface area contributed by atoms with Gasteiger partial charge in [-0.15, -0.1) is 11.6 Å². The Kier molecular flexibility index (Phi) is 5.07. The molecule has 1 atom stereocenters. The third kappa shape index (κ3) is 3.86. The fourth-order valence-electron chi connectivity index (χ4n) is 2.10. The van der Waals surface area contributed by atoms with Crippen LogP contribution < -0.4 is 4.74 Å². The van der Waals surface area contributed by atoms with E-state index in [9.17, 15) is 8.78 Å². The minimum Gasteiger partial charge on any atom is -0.435 e. The molecule has 21 heavy (non-hydrogen) atoms.